The highest BCUT2D eigenvalue weighted by Crippen LogP contribution is 2.22. The number of hydrogen-bond acceptors (Lipinski definition) is 6. The topological polar surface area (TPSA) is 108 Å². The average Bonchev–Trinajstić information content (AvgIpc) is 2.59. The Balaban J connectivity index is 1.79. The fraction of sp³-hybridized carbons (Fsp3) is 0.125. The highest BCUT2D eigenvalue weighted by Gasteiger charge is 2.15. The van der Waals surface area contributed by atoms with Crippen molar-refractivity contribution in [3.63, 3.8) is 0 Å². The van der Waals surface area contributed by atoms with E-state index in [9.17, 15) is 19.7 Å². The standard InChI is InChI=1S/C16H13ClN2O6/c17-11-5-7-12(8-6-11)24-10-16(21)25-9-15(20)18-13-3-1-2-4-14(13)19(22)23/h1-8H,9-10H2,(H,18,20). The van der Waals surface area contributed by atoms with E-state index in [1.165, 1.54) is 24.3 Å². The van der Waals surface area contributed by atoms with Crippen molar-refractivity contribution in [2.24, 2.45) is 0 Å². The maximum absolute atomic E-state index is 11.7. The van der Waals surface area contributed by atoms with Crippen molar-refractivity contribution in [2.45, 2.75) is 0 Å². The van der Waals surface area contributed by atoms with E-state index in [2.05, 4.69) is 5.32 Å². The molecule has 0 fully saturated rings. The molecular weight excluding hydrogens is 352 g/mol. The number of anilines is 1. The van der Waals surface area contributed by atoms with Crippen LogP contribution in [0.25, 0.3) is 0 Å². The van der Waals surface area contributed by atoms with Gasteiger partial charge in [-0.25, -0.2) is 4.79 Å². The van der Waals surface area contributed by atoms with Crippen LogP contribution >= 0.6 is 11.6 Å². The van der Waals surface area contributed by atoms with Crippen molar-refractivity contribution >= 4 is 34.9 Å². The van der Waals surface area contributed by atoms with Crippen molar-refractivity contribution in [3.8, 4) is 5.75 Å². The van der Waals surface area contributed by atoms with Crippen LogP contribution in [0.5, 0.6) is 5.75 Å². The van der Waals surface area contributed by atoms with E-state index in [1.54, 1.807) is 24.3 Å². The fourth-order valence-electron chi connectivity index (χ4n) is 1.79. The van der Waals surface area contributed by atoms with Crippen molar-refractivity contribution < 1.29 is 24.0 Å². The van der Waals surface area contributed by atoms with Gasteiger partial charge in [-0.3, -0.25) is 14.9 Å². The number of hydrogen-bond donors (Lipinski definition) is 1. The van der Waals surface area contributed by atoms with E-state index in [-0.39, 0.29) is 18.0 Å². The quantitative estimate of drug-likeness (QED) is 0.460. The fourth-order valence-corrected chi connectivity index (χ4v) is 1.91. The molecule has 130 valence electrons. The van der Waals surface area contributed by atoms with Gasteiger partial charge >= 0.3 is 5.97 Å². The van der Waals surface area contributed by atoms with Crippen molar-refractivity contribution in [1.82, 2.24) is 0 Å². The summed E-state index contributed by atoms with van der Waals surface area (Å²) in [6.07, 6.45) is 0. The first kappa shape index (κ1) is 18.2. The number of carbonyl (C=O) groups is 2. The van der Waals surface area contributed by atoms with Gasteiger partial charge in [-0.2, -0.15) is 0 Å². The lowest BCUT2D eigenvalue weighted by molar-refractivity contribution is -0.383. The van der Waals surface area contributed by atoms with Crippen molar-refractivity contribution in [3.05, 3.63) is 63.7 Å². The number of rotatable bonds is 7. The first-order chi connectivity index (χ1) is 12.0. The summed E-state index contributed by atoms with van der Waals surface area (Å²) in [4.78, 5) is 33.5. The minimum absolute atomic E-state index is 0.0194. The van der Waals surface area contributed by atoms with Gasteiger partial charge in [0.15, 0.2) is 13.2 Å². The molecule has 0 aromatic heterocycles. The zero-order valence-corrected chi connectivity index (χ0v) is 13.6. The van der Waals surface area contributed by atoms with Crippen LogP contribution in [0.1, 0.15) is 0 Å². The lowest BCUT2D eigenvalue weighted by Crippen LogP contribution is -2.24. The third kappa shape index (κ3) is 5.78. The first-order valence-electron chi connectivity index (χ1n) is 7.03. The Hall–Kier alpha value is -3.13. The third-order valence-corrected chi connectivity index (χ3v) is 3.16. The predicted octanol–water partition coefficient (Wildman–Crippen LogP) is 2.81. The summed E-state index contributed by atoms with van der Waals surface area (Å²) in [7, 11) is 0. The molecule has 1 amide bonds. The Morgan fingerprint density at radius 3 is 2.44 bits per heavy atom. The summed E-state index contributed by atoms with van der Waals surface area (Å²) in [6.45, 7) is -0.977. The van der Waals surface area contributed by atoms with Gasteiger partial charge in [0.2, 0.25) is 0 Å². The predicted molar refractivity (Wildman–Crippen MR) is 89.6 cm³/mol. The molecule has 0 aliphatic heterocycles. The second kappa shape index (κ2) is 8.65. The van der Waals surface area contributed by atoms with Crippen molar-refractivity contribution in [1.29, 1.82) is 0 Å². The van der Waals surface area contributed by atoms with Crippen LogP contribution in [-0.4, -0.2) is 30.0 Å². The molecule has 0 saturated carbocycles. The second-order valence-corrected chi connectivity index (χ2v) is 5.16. The molecule has 0 atom stereocenters. The largest absolute Gasteiger partial charge is 0.482 e. The number of carbonyl (C=O) groups excluding carboxylic acids is 2. The van der Waals surface area contributed by atoms with Crippen LogP contribution in [-0.2, 0) is 14.3 Å². The van der Waals surface area contributed by atoms with Gasteiger partial charge in [0, 0.05) is 11.1 Å². The number of ether oxygens (including phenoxy) is 2. The molecule has 0 spiro atoms. The maximum atomic E-state index is 11.7. The van der Waals surface area contributed by atoms with Gasteiger partial charge in [-0.15, -0.1) is 0 Å². The summed E-state index contributed by atoms with van der Waals surface area (Å²) in [5.41, 5.74) is -0.237. The van der Waals surface area contributed by atoms with Gasteiger partial charge in [0.25, 0.3) is 11.6 Å². The lowest BCUT2D eigenvalue weighted by Gasteiger charge is -2.08. The summed E-state index contributed by atoms with van der Waals surface area (Å²) < 4.78 is 9.92. The molecule has 25 heavy (non-hydrogen) atoms. The number of esters is 1. The van der Waals surface area contributed by atoms with E-state index >= 15 is 0 Å². The van der Waals surface area contributed by atoms with Gasteiger partial charge in [0.1, 0.15) is 11.4 Å². The smallest absolute Gasteiger partial charge is 0.344 e. The molecular formula is C16H13ClN2O6. The minimum Gasteiger partial charge on any atom is -0.482 e. The first-order valence-corrected chi connectivity index (χ1v) is 7.41. The van der Waals surface area contributed by atoms with Crippen molar-refractivity contribution in [2.75, 3.05) is 18.5 Å². The Labute approximate surface area is 147 Å². The zero-order chi connectivity index (χ0) is 18.2. The molecule has 2 rings (SSSR count). The molecule has 1 N–H and O–H groups in total. The minimum atomic E-state index is -0.757. The van der Waals surface area contributed by atoms with E-state index in [4.69, 9.17) is 21.1 Å². The maximum Gasteiger partial charge on any atom is 0.344 e. The average molecular weight is 365 g/mol. The van der Waals surface area contributed by atoms with Crippen LogP contribution in [0.4, 0.5) is 11.4 Å². The Morgan fingerprint density at radius 1 is 1.08 bits per heavy atom. The molecule has 2 aromatic rings. The number of benzene rings is 2. The van der Waals surface area contributed by atoms with E-state index < -0.39 is 23.4 Å². The van der Waals surface area contributed by atoms with Gasteiger partial charge < -0.3 is 14.8 Å². The van der Waals surface area contributed by atoms with Crippen LogP contribution in [0.3, 0.4) is 0 Å². The molecule has 0 heterocycles. The molecule has 2 aromatic carbocycles. The molecule has 0 aliphatic carbocycles. The normalized spacial score (nSPS) is 9.96. The molecule has 0 radical (unpaired) electrons. The SMILES string of the molecule is O=C(COC(=O)COc1ccc(Cl)cc1)Nc1ccccc1[N+](=O)[O-]. The van der Waals surface area contributed by atoms with Crippen LogP contribution in [0.2, 0.25) is 5.02 Å². The van der Waals surface area contributed by atoms with Crippen LogP contribution in [0.15, 0.2) is 48.5 Å². The van der Waals surface area contributed by atoms with Crippen LogP contribution in [0, 0.1) is 10.1 Å². The lowest BCUT2D eigenvalue weighted by atomic mass is 10.2. The molecule has 0 bridgehead atoms. The van der Waals surface area contributed by atoms with Gasteiger partial charge in [0.05, 0.1) is 4.92 Å². The second-order valence-electron chi connectivity index (χ2n) is 4.73. The van der Waals surface area contributed by atoms with Gasteiger partial charge in [-0.1, -0.05) is 23.7 Å². The molecule has 9 heteroatoms. The Morgan fingerprint density at radius 2 is 1.76 bits per heavy atom. The number of para-hydroxylation sites is 2. The number of nitrogens with one attached hydrogen (secondary N) is 1. The molecule has 0 aliphatic rings. The Bertz CT molecular complexity index is 778. The monoisotopic (exact) mass is 364 g/mol. The summed E-state index contributed by atoms with van der Waals surface area (Å²) in [6, 6.07) is 12.0. The highest BCUT2D eigenvalue weighted by molar-refractivity contribution is 6.30. The Kier molecular flexibility index (Phi) is 6.30. The van der Waals surface area contributed by atoms with E-state index in [0.717, 1.165) is 0 Å². The molecule has 0 saturated heterocycles. The third-order valence-electron chi connectivity index (χ3n) is 2.91. The number of halogens is 1. The van der Waals surface area contributed by atoms with E-state index in [0.29, 0.717) is 10.8 Å². The van der Waals surface area contributed by atoms with Crippen LogP contribution < -0.4 is 10.1 Å². The summed E-state index contributed by atoms with van der Waals surface area (Å²) >= 11 is 5.72. The van der Waals surface area contributed by atoms with Gasteiger partial charge in [-0.05, 0) is 30.3 Å². The number of nitro benzene ring substituents is 1. The molecule has 0 unspecified atom stereocenters. The zero-order valence-electron chi connectivity index (χ0n) is 12.8. The van der Waals surface area contributed by atoms with E-state index in [1.807, 2.05) is 0 Å². The highest BCUT2D eigenvalue weighted by atomic mass is 35.5. The number of nitro groups is 1. The number of amides is 1. The summed E-state index contributed by atoms with van der Waals surface area (Å²) in [5, 5.41) is 13.7. The number of nitrogens with zero attached hydrogens (tertiary/aromatic N) is 1. The molecule has 8 nitrogen and oxygen atoms in total. The summed E-state index contributed by atoms with van der Waals surface area (Å²) in [5.74, 6) is -1.03.